The van der Waals surface area contributed by atoms with Gasteiger partial charge in [0.25, 0.3) is 0 Å². The fourth-order valence-electron chi connectivity index (χ4n) is 2.63. The normalized spacial score (nSPS) is 10.7. The molecular weight excluding hydrogens is 286 g/mol. The Morgan fingerprint density at radius 3 is 2.43 bits per heavy atom. The summed E-state index contributed by atoms with van der Waals surface area (Å²) in [6.45, 7) is 0.789. The van der Waals surface area contributed by atoms with Gasteiger partial charge in [0.05, 0.1) is 13.7 Å². The van der Waals surface area contributed by atoms with Crippen molar-refractivity contribution in [1.29, 1.82) is 0 Å². The number of nitrogens with zero attached hydrogens (tertiary/aromatic N) is 3. The second kappa shape index (κ2) is 7.58. The Bertz CT molecular complexity index is 720. The molecule has 2 aromatic carbocycles. The van der Waals surface area contributed by atoms with Crippen LogP contribution in [-0.4, -0.2) is 21.9 Å². The third-order valence-corrected chi connectivity index (χ3v) is 3.92. The fourth-order valence-corrected chi connectivity index (χ4v) is 2.63. The summed E-state index contributed by atoms with van der Waals surface area (Å²) in [7, 11) is 1.68. The van der Waals surface area contributed by atoms with E-state index in [0.717, 1.165) is 37.4 Å². The molecule has 3 aromatic rings. The van der Waals surface area contributed by atoms with E-state index in [1.807, 2.05) is 18.5 Å². The summed E-state index contributed by atoms with van der Waals surface area (Å²) in [6.07, 6.45) is 4.88. The van der Waals surface area contributed by atoms with Crippen LogP contribution in [0.3, 0.4) is 0 Å². The lowest BCUT2D eigenvalue weighted by atomic mass is 10.1. The summed E-state index contributed by atoms with van der Waals surface area (Å²) < 4.78 is 7.31. The van der Waals surface area contributed by atoms with E-state index in [9.17, 15) is 0 Å². The summed E-state index contributed by atoms with van der Waals surface area (Å²) in [5, 5.41) is 8.33. The van der Waals surface area contributed by atoms with Crippen molar-refractivity contribution in [2.45, 2.75) is 25.8 Å². The molecule has 4 nitrogen and oxygen atoms in total. The maximum absolute atomic E-state index is 5.19. The molecular formula is C19H21N3O. The van der Waals surface area contributed by atoms with Gasteiger partial charge in [0, 0.05) is 6.42 Å². The smallest absolute Gasteiger partial charge is 0.133 e. The van der Waals surface area contributed by atoms with E-state index < -0.39 is 0 Å². The molecule has 0 aliphatic heterocycles. The highest BCUT2D eigenvalue weighted by Gasteiger charge is 2.05. The van der Waals surface area contributed by atoms with Crippen LogP contribution >= 0.6 is 0 Å². The van der Waals surface area contributed by atoms with Crippen molar-refractivity contribution >= 4 is 0 Å². The van der Waals surface area contributed by atoms with Crippen molar-refractivity contribution in [1.82, 2.24) is 14.8 Å². The fraction of sp³-hybridized carbons (Fsp3) is 0.263. The SMILES string of the molecule is COc1ccc(Cn2cnnc2CCCc2ccccc2)cc1. The van der Waals surface area contributed by atoms with Crippen molar-refractivity contribution in [2.75, 3.05) is 7.11 Å². The van der Waals surface area contributed by atoms with Crippen LogP contribution in [0, 0.1) is 0 Å². The number of methoxy groups -OCH3 is 1. The maximum atomic E-state index is 5.19. The maximum Gasteiger partial charge on any atom is 0.133 e. The van der Waals surface area contributed by atoms with E-state index >= 15 is 0 Å². The molecule has 0 bridgehead atoms. The minimum absolute atomic E-state index is 0.789. The van der Waals surface area contributed by atoms with Crippen molar-refractivity contribution in [3.63, 3.8) is 0 Å². The number of rotatable bonds is 7. The molecule has 0 saturated carbocycles. The molecule has 118 valence electrons. The number of benzene rings is 2. The number of hydrogen-bond acceptors (Lipinski definition) is 3. The highest BCUT2D eigenvalue weighted by molar-refractivity contribution is 5.27. The van der Waals surface area contributed by atoms with Crippen LogP contribution in [0.1, 0.15) is 23.4 Å². The van der Waals surface area contributed by atoms with E-state index in [0.29, 0.717) is 0 Å². The Balaban J connectivity index is 1.58. The topological polar surface area (TPSA) is 39.9 Å². The van der Waals surface area contributed by atoms with E-state index in [1.54, 1.807) is 7.11 Å². The van der Waals surface area contributed by atoms with Gasteiger partial charge in [0.1, 0.15) is 17.9 Å². The molecule has 0 saturated heterocycles. The van der Waals surface area contributed by atoms with Crippen molar-refractivity contribution in [3.05, 3.63) is 77.9 Å². The quantitative estimate of drug-likeness (QED) is 0.670. The highest BCUT2D eigenvalue weighted by atomic mass is 16.5. The van der Waals surface area contributed by atoms with Crippen molar-refractivity contribution in [3.8, 4) is 5.75 Å². The first-order valence-corrected chi connectivity index (χ1v) is 7.88. The van der Waals surface area contributed by atoms with Crippen LogP contribution in [0.25, 0.3) is 0 Å². The largest absolute Gasteiger partial charge is 0.497 e. The third kappa shape index (κ3) is 4.19. The van der Waals surface area contributed by atoms with Gasteiger partial charge in [-0.2, -0.15) is 0 Å². The molecule has 1 heterocycles. The third-order valence-electron chi connectivity index (χ3n) is 3.92. The van der Waals surface area contributed by atoms with Crippen LogP contribution in [0.4, 0.5) is 0 Å². The van der Waals surface area contributed by atoms with Crippen LogP contribution in [0.5, 0.6) is 5.75 Å². The molecule has 0 aliphatic rings. The molecule has 1 aromatic heterocycles. The van der Waals surface area contributed by atoms with Gasteiger partial charge in [-0.05, 0) is 36.1 Å². The van der Waals surface area contributed by atoms with E-state index in [4.69, 9.17) is 4.74 Å². The molecule has 23 heavy (non-hydrogen) atoms. The molecule has 0 spiro atoms. The van der Waals surface area contributed by atoms with Gasteiger partial charge in [-0.25, -0.2) is 0 Å². The predicted octanol–water partition coefficient (Wildman–Crippen LogP) is 3.51. The van der Waals surface area contributed by atoms with Gasteiger partial charge in [-0.1, -0.05) is 42.5 Å². The Morgan fingerprint density at radius 1 is 0.913 bits per heavy atom. The minimum atomic E-state index is 0.789. The average Bonchev–Trinajstić information content (AvgIpc) is 3.04. The van der Waals surface area contributed by atoms with E-state index in [-0.39, 0.29) is 0 Å². The van der Waals surface area contributed by atoms with Gasteiger partial charge in [0.15, 0.2) is 0 Å². The Labute approximate surface area is 136 Å². The minimum Gasteiger partial charge on any atom is -0.497 e. The number of hydrogen-bond donors (Lipinski definition) is 0. The number of aryl methyl sites for hydroxylation is 2. The number of ether oxygens (including phenoxy) is 1. The van der Waals surface area contributed by atoms with Gasteiger partial charge < -0.3 is 9.30 Å². The lowest BCUT2D eigenvalue weighted by Gasteiger charge is -2.08. The van der Waals surface area contributed by atoms with Gasteiger partial charge >= 0.3 is 0 Å². The standard InChI is InChI=1S/C19H21N3O/c1-23-18-12-10-17(11-13-18)14-22-15-20-21-19(22)9-5-8-16-6-3-2-4-7-16/h2-4,6-7,10-13,15H,5,8-9,14H2,1H3. The zero-order chi connectivity index (χ0) is 15.9. The molecule has 0 atom stereocenters. The lowest BCUT2D eigenvalue weighted by Crippen LogP contribution is -2.05. The molecule has 0 unspecified atom stereocenters. The van der Waals surface area contributed by atoms with Gasteiger partial charge in [0.2, 0.25) is 0 Å². The molecule has 0 N–H and O–H groups in total. The number of aromatic nitrogens is 3. The second-order valence-electron chi connectivity index (χ2n) is 5.56. The first-order valence-electron chi connectivity index (χ1n) is 7.88. The lowest BCUT2D eigenvalue weighted by molar-refractivity contribution is 0.414. The zero-order valence-electron chi connectivity index (χ0n) is 13.4. The Hall–Kier alpha value is -2.62. The van der Waals surface area contributed by atoms with Crippen LogP contribution in [0.2, 0.25) is 0 Å². The van der Waals surface area contributed by atoms with Gasteiger partial charge in [-0.3, -0.25) is 0 Å². The molecule has 3 rings (SSSR count). The summed E-state index contributed by atoms with van der Waals surface area (Å²) in [5.74, 6) is 1.91. The summed E-state index contributed by atoms with van der Waals surface area (Å²) >= 11 is 0. The zero-order valence-corrected chi connectivity index (χ0v) is 13.4. The summed E-state index contributed by atoms with van der Waals surface area (Å²) in [4.78, 5) is 0. The molecule has 0 radical (unpaired) electrons. The van der Waals surface area contributed by atoms with Crippen molar-refractivity contribution < 1.29 is 4.74 Å². The monoisotopic (exact) mass is 307 g/mol. The van der Waals surface area contributed by atoms with Crippen LogP contribution in [-0.2, 0) is 19.4 Å². The predicted molar refractivity (Wildman–Crippen MR) is 90.6 cm³/mol. The molecule has 0 amide bonds. The Kier molecular flexibility index (Phi) is 5.04. The Morgan fingerprint density at radius 2 is 1.70 bits per heavy atom. The van der Waals surface area contributed by atoms with E-state index in [2.05, 4.69) is 57.2 Å². The summed E-state index contributed by atoms with van der Waals surface area (Å²) in [6, 6.07) is 18.7. The first-order chi connectivity index (χ1) is 11.3. The average molecular weight is 307 g/mol. The highest BCUT2D eigenvalue weighted by Crippen LogP contribution is 2.13. The summed E-state index contributed by atoms with van der Waals surface area (Å²) in [5.41, 5.74) is 2.59. The first kappa shape index (κ1) is 15.3. The molecule has 4 heteroatoms. The van der Waals surface area contributed by atoms with Crippen LogP contribution < -0.4 is 4.74 Å². The second-order valence-corrected chi connectivity index (χ2v) is 5.56. The van der Waals surface area contributed by atoms with Gasteiger partial charge in [-0.15, -0.1) is 10.2 Å². The van der Waals surface area contributed by atoms with Crippen molar-refractivity contribution in [2.24, 2.45) is 0 Å². The molecule has 0 aliphatic carbocycles. The van der Waals surface area contributed by atoms with Crippen LogP contribution in [0.15, 0.2) is 60.9 Å². The van der Waals surface area contributed by atoms with E-state index in [1.165, 1.54) is 11.1 Å². The molecule has 0 fully saturated rings.